The molecule has 0 aliphatic heterocycles. The van der Waals surface area contributed by atoms with Crippen molar-refractivity contribution in [2.24, 2.45) is 0 Å². The van der Waals surface area contributed by atoms with Crippen LogP contribution >= 0.6 is 0 Å². The highest BCUT2D eigenvalue weighted by Crippen LogP contribution is 2.23. The molecule has 1 unspecified atom stereocenters. The fraction of sp³-hybridized carbons (Fsp3) is 0.350. The molecule has 2 nitrogen and oxygen atoms in total. The third-order valence-corrected chi connectivity index (χ3v) is 3.86. The fourth-order valence-electron chi connectivity index (χ4n) is 2.44. The number of benzene rings is 2. The van der Waals surface area contributed by atoms with Gasteiger partial charge in [-0.2, -0.15) is 5.26 Å². The van der Waals surface area contributed by atoms with Gasteiger partial charge in [0.25, 0.3) is 0 Å². The summed E-state index contributed by atoms with van der Waals surface area (Å²) < 4.78 is 18.7. The van der Waals surface area contributed by atoms with Crippen LogP contribution in [-0.2, 0) is 0 Å². The van der Waals surface area contributed by atoms with E-state index in [1.54, 1.807) is 12.1 Å². The van der Waals surface area contributed by atoms with E-state index in [1.807, 2.05) is 12.1 Å². The standard InChI is InChI=1S/C20H22FNO/c1-15(2)17-5-3-7-20(13-17)23-12-4-6-18(14-22)16-8-10-19(21)11-9-16/h3,5,7-11,13,15,18H,4,6,12H2,1-2H3. The molecule has 23 heavy (non-hydrogen) atoms. The maximum Gasteiger partial charge on any atom is 0.123 e. The van der Waals surface area contributed by atoms with Crippen molar-refractivity contribution in [3.8, 4) is 11.8 Å². The maximum atomic E-state index is 12.9. The van der Waals surface area contributed by atoms with Crippen LogP contribution in [0.1, 0.15) is 49.7 Å². The minimum absolute atomic E-state index is 0.221. The Labute approximate surface area is 137 Å². The number of hydrogen-bond acceptors (Lipinski definition) is 2. The highest BCUT2D eigenvalue weighted by molar-refractivity contribution is 5.30. The zero-order chi connectivity index (χ0) is 16.7. The van der Waals surface area contributed by atoms with Crippen molar-refractivity contribution in [1.82, 2.24) is 0 Å². The van der Waals surface area contributed by atoms with Crippen LogP contribution in [0.2, 0.25) is 0 Å². The van der Waals surface area contributed by atoms with Gasteiger partial charge in [-0.3, -0.25) is 0 Å². The molecule has 0 fully saturated rings. The number of nitrogens with zero attached hydrogens (tertiary/aromatic N) is 1. The SMILES string of the molecule is CC(C)c1cccc(OCCCC(C#N)c2ccc(F)cc2)c1. The monoisotopic (exact) mass is 311 g/mol. The van der Waals surface area contributed by atoms with Gasteiger partial charge in [-0.05, 0) is 54.2 Å². The zero-order valence-corrected chi connectivity index (χ0v) is 13.6. The predicted molar refractivity (Wildman–Crippen MR) is 90.0 cm³/mol. The lowest BCUT2D eigenvalue weighted by Gasteiger charge is -2.12. The van der Waals surface area contributed by atoms with Gasteiger partial charge in [0.2, 0.25) is 0 Å². The summed E-state index contributed by atoms with van der Waals surface area (Å²) >= 11 is 0. The fourth-order valence-corrected chi connectivity index (χ4v) is 2.44. The van der Waals surface area contributed by atoms with Gasteiger partial charge in [-0.1, -0.05) is 38.1 Å². The molecule has 0 N–H and O–H groups in total. The van der Waals surface area contributed by atoms with E-state index in [0.29, 0.717) is 18.9 Å². The van der Waals surface area contributed by atoms with Crippen LogP contribution in [0.5, 0.6) is 5.75 Å². The van der Waals surface area contributed by atoms with Gasteiger partial charge in [0, 0.05) is 0 Å². The first kappa shape index (κ1) is 17.0. The minimum atomic E-state index is -0.279. The molecule has 0 aliphatic carbocycles. The smallest absolute Gasteiger partial charge is 0.123 e. The molecule has 0 radical (unpaired) electrons. The molecule has 0 bridgehead atoms. The Morgan fingerprint density at radius 3 is 2.48 bits per heavy atom. The van der Waals surface area contributed by atoms with Crippen molar-refractivity contribution < 1.29 is 9.13 Å². The van der Waals surface area contributed by atoms with Crippen molar-refractivity contribution in [2.45, 2.75) is 38.5 Å². The van der Waals surface area contributed by atoms with Crippen LogP contribution in [0.15, 0.2) is 48.5 Å². The maximum absolute atomic E-state index is 12.9. The number of halogens is 1. The van der Waals surface area contributed by atoms with E-state index in [-0.39, 0.29) is 11.7 Å². The molecule has 0 spiro atoms. The second kappa shape index (κ2) is 8.33. The minimum Gasteiger partial charge on any atom is -0.494 e. The molecule has 0 saturated carbocycles. The van der Waals surface area contributed by atoms with E-state index >= 15 is 0 Å². The summed E-state index contributed by atoms with van der Waals surface area (Å²) in [6.45, 7) is 4.87. The Bertz CT molecular complexity index is 658. The van der Waals surface area contributed by atoms with Crippen molar-refractivity contribution in [2.75, 3.05) is 6.61 Å². The number of hydrogen-bond donors (Lipinski definition) is 0. The number of nitriles is 1. The molecule has 2 aromatic rings. The molecule has 2 rings (SSSR count). The van der Waals surface area contributed by atoms with Gasteiger partial charge in [0.15, 0.2) is 0 Å². The Hall–Kier alpha value is -2.34. The first-order valence-electron chi connectivity index (χ1n) is 7.98. The molecule has 3 heteroatoms. The summed E-state index contributed by atoms with van der Waals surface area (Å²) in [5.41, 5.74) is 2.11. The van der Waals surface area contributed by atoms with Crippen LogP contribution in [0.25, 0.3) is 0 Å². The molecule has 0 heterocycles. The molecule has 0 aromatic heterocycles. The van der Waals surface area contributed by atoms with Gasteiger partial charge >= 0.3 is 0 Å². The first-order chi connectivity index (χ1) is 11.1. The van der Waals surface area contributed by atoms with Gasteiger partial charge in [0.05, 0.1) is 18.6 Å². The summed E-state index contributed by atoms with van der Waals surface area (Å²) in [7, 11) is 0. The van der Waals surface area contributed by atoms with Crippen molar-refractivity contribution in [1.29, 1.82) is 5.26 Å². The van der Waals surface area contributed by atoms with Crippen molar-refractivity contribution in [3.05, 3.63) is 65.5 Å². The molecule has 1 atom stereocenters. The van der Waals surface area contributed by atoms with Crippen LogP contribution < -0.4 is 4.74 Å². The van der Waals surface area contributed by atoms with Crippen LogP contribution in [-0.4, -0.2) is 6.61 Å². The van der Waals surface area contributed by atoms with Gasteiger partial charge < -0.3 is 4.74 Å². The predicted octanol–water partition coefficient (Wildman–Crippen LogP) is 5.42. The second-order valence-corrected chi connectivity index (χ2v) is 5.95. The Kier molecular flexibility index (Phi) is 6.17. The van der Waals surface area contributed by atoms with Gasteiger partial charge in [0.1, 0.15) is 11.6 Å². The zero-order valence-electron chi connectivity index (χ0n) is 13.6. The Balaban J connectivity index is 1.83. The summed E-state index contributed by atoms with van der Waals surface area (Å²) in [6.07, 6.45) is 1.48. The summed E-state index contributed by atoms with van der Waals surface area (Å²) in [4.78, 5) is 0. The lowest BCUT2D eigenvalue weighted by atomic mass is 9.96. The molecule has 0 amide bonds. The highest BCUT2D eigenvalue weighted by atomic mass is 19.1. The highest BCUT2D eigenvalue weighted by Gasteiger charge is 2.10. The molecular weight excluding hydrogens is 289 g/mol. The molecule has 0 aliphatic rings. The summed E-state index contributed by atoms with van der Waals surface area (Å²) in [5.74, 6) is 0.839. The lowest BCUT2D eigenvalue weighted by molar-refractivity contribution is 0.304. The second-order valence-electron chi connectivity index (χ2n) is 5.95. The van der Waals surface area contributed by atoms with Crippen LogP contribution in [0.4, 0.5) is 4.39 Å². The largest absolute Gasteiger partial charge is 0.494 e. The van der Waals surface area contributed by atoms with E-state index < -0.39 is 0 Å². The summed E-state index contributed by atoms with van der Waals surface area (Å²) in [5, 5.41) is 9.28. The quantitative estimate of drug-likeness (QED) is 0.640. The van der Waals surface area contributed by atoms with Gasteiger partial charge in [-0.15, -0.1) is 0 Å². The van der Waals surface area contributed by atoms with E-state index in [2.05, 4.69) is 32.0 Å². The normalized spacial score (nSPS) is 12.0. The lowest BCUT2D eigenvalue weighted by Crippen LogP contribution is -2.02. The van der Waals surface area contributed by atoms with E-state index in [0.717, 1.165) is 17.7 Å². The molecule has 120 valence electrons. The average molecular weight is 311 g/mol. The molecule has 2 aromatic carbocycles. The van der Waals surface area contributed by atoms with E-state index in [1.165, 1.54) is 17.7 Å². The first-order valence-corrected chi connectivity index (χ1v) is 7.98. The van der Waals surface area contributed by atoms with Crippen molar-refractivity contribution in [3.63, 3.8) is 0 Å². The molecule has 0 saturated heterocycles. The summed E-state index contributed by atoms with van der Waals surface area (Å²) in [6, 6.07) is 16.5. The third kappa shape index (κ3) is 5.10. The Morgan fingerprint density at radius 1 is 1.09 bits per heavy atom. The molecular formula is C20H22FNO. The Morgan fingerprint density at radius 2 is 1.83 bits per heavy atom. The van der Waals surface area contributed by atoms with E-state index in [4.69, 9.17) is 4.74 Å². The van der Waals surface area contributed by atoms with Crippen LogP contribution in [0.3, 0.4) is 0 Å². The third-order valence-electron chi connectivity index (χ3n) is 3.86. The van der Waals surface area contributed by atoms with E-state index in [9.17, 15) is 9.65 Å². The van der Waals surface area contributed by atoms with Gasteiger partial charge in [-0.25, -0.2) is 4.39 Å². The number of ether oxygens (including phenoxy) is 1. The topological polar surface area (TPSA) is 33.0 Å². The number of rotatable bonds is 7. The van der Waals surface area contributed by atoms with Crippen molar-refractivity contribution >= 4 is 0 Å². The van der Waals surface area contributed by atoms with Crippen LogP contribution in [0, 0.1) is 17.1 Å². The average Bonchev–Trinajstić information content (AvgIpc) is 2.56.